The molecule has 0 saturated carbocycles. The second kappa shape index (κ2) is 11.8. The molecule has 3 aromatic carbocycles. The van der Waals surface area contributed by atoms with Crippen molar-refractivity contribution in [1.82, 2.24) is 5.32 Å². The van der Waals surface area contributed by atoms with E-state index < -0.39 is 15.9 Å². The van der Waals surface area contributed by atoms with E-state index in [0.29, 0.717) is 11.4 Å². The van der Waals surface area contributed by atoms with Gasteiger partial charge >= 0.3 is 0 Å². The molecule has 1 unspecified atom stereocenters. The lowest BCUT2D eigenvalue weighted by molar-refractivity contribution is -0.120. The summed E-state index contributed by atoms with van der Waals surface area (Å²) in [5, 5.41) is 2.96. The molecule has 1 atom stereocenters. The highest BCUT2D eigenvalue weighted by molar-refractivity contribution is 7.92. The van der Waals surface area contributed by atoms with E-state index >= 15 is 0 Å². The Kier molecular flexibility index (Phi) is 8.46. The van der Waals surface area contributed by atoms with Crippen molar-refractivity contribution in [3.05, 3.63) is 77.9 Å². The molecule has 1 fully saturated rings. The maximum atomic E-state index is 13.8. The SMILES string of the molecule is COc1ccc(S(=O)(=O)N(CC(=O)NC(C)c2ccc(N3CCCC3)cc2)c2ccc(C)cc2)cc1OC. The van der Waals surface area contributed by atoms with Gasteiger partial charge in [0.1, 0.15) is 6.54 Å². The van der Waals surface area contributed by atoms with Gasteiger partial charge in [-0.05, 0) is 68.7 Å². The summed E-state index contributed by atoms with van der Waals surface area (Å²) < 4.78 is 39.2. The molecule has 1 aliphatic heterocycles. The molecule has 202 valence electrons. The Bertz CT molecular complexity index is 1350. The minimum absolute atomic E-state index is 0.00549. The van der Waals surface area contributed by atoms with E-state index in [1.54, 1.807) is 12.1 Å². The van der Waals surface area contributed by atoms with Gasteiger partial charge in [-0.3, -0.25) is 9.10 Å². The summed E-state index contributed by atoms with van der Waals surface area (Å²) >= 11 is 0. The zero-order valence-electron chi connectivity index (χ0n) is 22.3. The zero-order chi connectivity index (χ0) is 27.3. The molecule has 1 N–H and O–H groups in total. The van der Waals surface area contributed by atoms with E-state index in [1.807, 2.05) is 38.1 Å². The molecular formula is C29H35N3O5S. The second-order valence-corrected chi connectivity index (χ2v) is 11.3. The van der Waals surface area contributed by atoms with Crippen LogP contribution in [0.4, 0.5) is 11.4 Å². The lowest BCUT2D eigenvalue weighted by atomic mass is 10.1. The number of sulfonamides is 1. The number of carbonyl (C=O) groups excluding carboxylic acids is 1. The molecule has 8 nitrogen and oxygen atoms in total. The first-order valence-corrected chi connectivity index (χ1v) is 14.1. The van der Waals surface area contributed by atoms with E-state index in [-0.39, 0.29) is 23.2 Å². The van der Waals surface area contributed by atoms with Crippen LogP contribution in [-0.2, 0) is 14.8 Å². The molecule has 3 aromatic rings. The highest BCUT2D eigenvalue weighted by Gasteiger charge is 2.29. The minimum atomic E-state index is -4.10. The molecular weight excluding hydrogens is 502 g/mol. The van der Waals surface area contributed by atoms with Crippen molar-refractivity contribution in [2.24, 2.45) is 0 Å². The molecule has 1 saturated heterocycles. The zero-order valence-corrected chi connectivity index (χ0v) is 23.1. The number of hydrogen-bond donors (Lipinski definition) is 1. The molecule has 1 amide bonds. The first-order valence-electron chi connectivity index (χ1n) is 12.7. The average Bonchev–Trinajstić information content (AvgIpc) is 3.47. The van der Waals surface area contributed by atoms with Crippen molar-refractivity contribution in [2.45, 2.75) is 37.6 Å². The van der Waals surface area contributed by atoms with E-state index in [2.05, 4.69) is 22.3 Å². The van der Waals surface area contributed by atoms with Gasteiger partial charge < -0.3 is 19.7 Å². The number of amides is 1. The van der Waals surface area contributed by atoms with Crippen molar-refractivity contribution in [3.8, 4) is 11.5 Å². The molecule has 1 aliphatic rings. The molecule has 9 heteroatoms. The summed E-state index contributed by atoms with van der Waals surface area (Å²) in [6.07, 6.45) is 2.41. The van der Waals surface area contributed by atoms with Gasteiger partial charge in [0.05, 0.1) is 30.8 Å². The maximum absolute atomic E-state index is 13.8. The number of anilines is 2. The number of ether oxygens (including phenoxy) is 2. The molecule has 0 radical (unpaired) electrons. The number of aryl methyl sites for hydroxylation is 1. The van der Waals surface area contributed by atoms with Crippen molar-refractivity contribution in [2.75, 3.05) is 43.1 Å². The summed E-state index contributed by atoms with van der Waals surface area (Å²) in [7, 11) is -1.18. The van der Waals surface area contributed by atoms with Crippen LogP contribution in [0.5, 0.6) is 11.5 Å². The molecule has 0 aromatic heterocycles. The molecule has 1 heterocycles. The van der Waals surface area contributed by atoms with E-state index in [9.17, 15) is 13.2 Å². The monoisotopic (exact) mass is 537 g/mol. The molecule has 0 bridgehead atoms. The van der Waals surface area contributed by atoms with Crippen LogP contribution in [0.15, 0.2) is 71.6 Å². The predicted molar refractivity (Wildman–Crippen MR) is 150 cm³/mol. The summed E-state index contributed by atoms with van der Waals surface area (Å²) in [4.78, 5) is 15.5. The third kappa shape index (κ3) is 6.05. The van der Waals surface area contributed by atoms with Crippen molar-refractivity contribution in [1.29, 1.82) is 0 Å². The predicted octanol–water partition coefficient (Wildman–Crippen LogP) is 4.69. The van der Waals surface area contributed by atoms with Gasteiger partial charge in [0.15, 0.2) is 11.5 Å². The number of nitrogens with zero attached hydrogens (tertiary/aromatic N) is 2. The van der Waals surface area contributed by atoms with E-state index in [4.69, 9.17) is 9.47 Å². The number of benzene rings is 3. The van der Waals surface area contributed by atoms with E-state index in [0.717, 1.165) is 28.5 Å². The smallest absolute Gasteiger partial charge is 0.264 e. The number of nitrogens with one attached hydrogen (secondary N) is 1. The Morgan fingerprint density at radius 1 is 0.947 bits per heavy atom. The summed E-state index contributed by atoms with van der Waals surface area (Å²) in [6, 6.07) is 19.3. The Morgan fingerprint density at radius 3 is 2.18 bits per heavy atom. The van der Waals surface area contributed by atoms with Crippen LogP contribution in [0.2, 0.25) is 0 Å². The van der Waals surface area contributed by atoms with Crippen LogP contribution in [0, 0.1) is 6.92 Å². The average molecular weight is 538 g/mol. The van der Waals surface area contributed by atoms with Gasteiger partial charge in [-0.25, -0.2) is 8.42 Å². The van der Waals surface area contributed by atoms with E-state index in [1.165, 1.54) is 50.9 Å². The third-order valence-corrected chi connectivity index (χ3v) is 8.56. The fourth-order valence-corrected chi connectivity index (χ4v) is 6.02. The largest absolute Gasteiger partial charge is 0.493 e. The van der Waals surface area contributed by atoms with Crippen LogP contribution in [0.25, 0.3) is 0 Å². The second-order valence-electron chi connectivity index (χ2n) is 9.44. The van der Waals surface area contributed by atoms with Crippen molar-refractivity contribution in [3.63, 3.8) is 0 Å². The molecule has 38 heavy (non-hydrogen) atoms. The van der Waals surface area contributed by atoms with Crippen LogP contribution >= 0.6 is 0 Å². The summed E-state index contributed by atoms with van der Waals surface area (Å²) in [5.74, 6) is 0.286. The quantitative estimate of drug-likeness (QED) is 0.404. The molecule has 0 spiro atoms. The Hall–Kier alpha value is -3.72. The van der Waals surface area contributed by atoms with Gasteiger partial charge in [0.25, 0.3) is 10.0 Å². The molecule has 0 aliphatic carbocycles. The highest BCUT2D eigenvalue weighted by Crippen LogP contribution is 2.32. The highest BCUT2D eigenvalue weighted by atomic mass is 32.2. The number of carbonyl (C=O) groups is 1. The van der Waals surface area contributed by atoms with Gasteiger partial charge in [-0.2, -0.15) is 0 Å². The topological polar surface area (TPSA) is 88.2 Å². The third-order valence-electron chi connectivity index (χ3n) is 6.79. The lowest BCUT2D eigenvalue weighted by Gasteiger charge is -2.26. The Balaban J connectivity index is 1.55. The summed E-state index contributed by atoms with van der Waals surface area (Å²) in [6.45, 7) is 5.56. The lowest BCUT2D eigenvalue weighted by Crippen LogP contribution is -2.41. The van der Waals surface area contributed by atoms with Crippen molar-refractivity contribution < 1.29 is 22.7 Å². The molecule has 4 rings (SSSR count). The first-order chi connectivity index (χ1) is 18.2. The van der Waals surface area contributed by atoms with Gasteiger partial charge in [-0.1, -0.05) is 29.8 Å². The maximum Gasteiger partial charge on any atom is 0.264 e. The Morgan fingerprint density at radius 2 is 1.58 bits per heavy atom. The summed E-state index contributed by atoms with van der Waals surface area (Å²) in [5.41, 5.74) is 3.50. The number of rotatable bonds is 10. The van der Waals surface area contributed by atoms with Crippen LogP contribution in [0.3, 0.4) is 0 Å². The fraction of sp³-hybridized carbons (Fsp3) is 0.345. The van der Waals surface area contributed by atoms with Crippen LogP contribution in [0.1, 0.15) is 36.9 Å². The number of hydrogen-bond acceptors (Lipinski definition) is 6. The van der Waals surface area contributed by atoms with Crippen LogP contribution < -0.4 is 24.0 Å². The van der Waals surface area contributed by atoms with Gasteiger partial charge in [0, 0.05) is 24.8 Å². The normalized spacial score (nSPS) is 14.2. The fourth-order valence-electron chi connectivity index (χ4n) is 4.58. The minimum Gasteiger partial charge on any atom is -0.493 e. The standard InChI is InChI=1S/C29H35N3O5S/c1-21-7-11-25(12-8-21)32(38(34,35)26-15-16-27(36-3)28(19-26)37-4)20-29(33)30-22(2)23-9-13-24(14-10-23)31-17-5-6-18-31/h7-16,19,22H,5-6,17-18,20H2,1-4H3,(H,30,33). The van der Waals surface area contributed by atoms with Gasteiger partial charge in [-0.15, -0.1) is 0 Å². The van der Waals surface area contributed by atoms with Gasteiger partial charge in [0.2, 0.25) is 5.91 Å². The Labute approximate surface area is 225 Å². The first kappa shape index (κ1) is 27.3. The number of methoxy groups -OCH3 is 2. The van der Waals surface area contributed by atoms with Crippen molar-refractivity contribution >= 4 is 27.3 Å². The van der Waals surface area contributed by atoms with Crippen LogP contribution in [-0.4, -0.2) is 48.2 Å².